The van der Waals surface area contributed by atoms with Crippen molar-refractivity contribution in [1.82, 2.24) is 4.90 Å². The first kappa shape index (κ1) is 19.7. The van der Waals surface area contributed by atoms with E-state index in [4.69, 9.17) is 14.2 Å². The van der Waals surface area contributed by atoms with Gasteiger partial charge in [-0.25, -0.2) is 9.59 Å². The molecule has 23 heavy (non-hydrogen) atoms. The lowest BCUT2D eigenvalue weighted by molar-refractivity contribution is -0.164. The molecular weight excluding hydrogens is 298 g/mol. The summed E-state index contributed by atoms with van der Waals surface area (Å²) in [6.45, 7) is 12.2. The summed E-state index contributed by atoms with van der Waals surface area (Å²) in [5.74, 6) is -0.373. The van der Waals surface area contributed by atoms with Crippen LogP contribution in [0.5, 0.6) is 0 Å². The monoisotopic (exact) mass is 329 g/mol. The van der Waals surface area contributed by atoms with Crippen molar-refractivity contribution in [2.24, 2.45) is 0 Å². The minimum atomic E-state index is -0.522. The summed E-state index contributed by atoms with van der Waals surface area (Å²) in [6.07, 6.45) is 1.88. The van der Waals surface area contributed by atoms with Gasteiger partial charge in [0.2, 0.25) is 0 Å². The first-order chi connectivity index (χ1) is 10.6. The highest BCUT2D eigenvalue weighted by Gasteiger charge is 2.38. The lowest BCUT2D eigenvalue weighted by Gasteiger charge is -2.42. The van der Waals surface area contributed by atoms with E-state index in [1.54, 1.807) is 18.7 Å². The maximum absolute atomic E-state index is 12.3. The standard InChI is InChI=1S/C17H31NO5/c1-7-17(21-11-14(19)22-13(2)3)9-8-10-18(12-17)15(20)23-16(4,5)6/h13H,7-12H2,1-6H3. The zero-order chi connectivity index (χ0) is 17.7. The molecule has 0 spiro atoms. The Bertz CT molecular complexity index is 416. The quantitative estimate of drug-likeness (QED) is 0.725. The molecule has 1 saturated heterocycles. The number of esters is 1. The van der Waals surface area contributed by atoms with Gasteiger partial charge in [-0.15, -0.1) is 0 Å². The average molecular weight is 329 g/mol. The second-order valence-electron chi connectivity index (χ2n) is 7.37. The first-order valence-electron chi connectivity index (χ1n) is 8.38. The lowest BCUT2D eigenvalue weighted by atomic mass is 9.90. The van der Waals surface area contributed by atoms with Crippen LogP contribution in [0, 0.1) is 0 Å². The third-order valence-electron chi connectivity index (χ3n) is 3.70. The average Bonchev–Trinajstić information content (AvgIpc) is 2.43. The van der Waals surface area contributed by atoms with Crippen LogP contribution in [0.15, 0.2) is 0 Å². The van der Waals surface area contributed by atoms with Crippen LogP contribution >= 0.6 is 0 Å². The van der Waals surface area contributed by atoms with Gasteiger partial charge in [-0.3, -0.25) is 0 Å². The van der Waals surface area contributed by atoms with E-state index < -0.39 is 11.2 Å². The fraction of sp³-hybridized carbons (Fsp3) is 0.882. The van der Waals surface area contributed by atoms with Crippen LogP contribution in [0.2, 0.25) is 0 Å². The third-order valence-corrected chi connectivity index (χ3v) is 3.70. The molecule has 0 N–H and O–H groups in total. The smallest absolute Gasteiger partial charge is 0.410 e. The molecule has 0 bridgehead atoms. The number of hydrogen-bond acceptors (Lipinski definition) is 5. The zero-order valence-electron chi connectivity index (χ0n) is 15.3. The molecule has 1 heterocycles. The molecule has 0 aliphatic carbocycles. The molecule has 0 aromatic rings. The molecule has 0 radical (unpaired) electrons. The van der Waals surface area contributed by atoms with Gasteiger partial charge in [-0.05, 0) is 53.9 Å². The van der Waals surface area contributed by atoms with Crippen molar-refractivity contribution in [2.45, 2.75) is 78.1 Å². The second-order valence-corrected chi connectivity index (χ2v) is 7.37. The number of ether oxygens (including phenoxy) is 3. The number of nitrogens with zero attached hydrogens (tertiary/aromatic N) is 1. The van der Waals surface area contributed by atoms with E-state index >= 15 is 0 Å². The fourth-order valence-corrected chi connectivity index (χ4v) is 2.60. The molecule has 1 rings (SSSR count). The molecule has 0 aromatic carbocycles. The highest BCUT2D eigenvalue weighted by Crippen LogP contribution is 2.29. The van der Waals surface area contributed by atoms with Crippen LogP contribution in [0.25, 0.3) is 0 Å². The highest BCUT2D eigenvalue weighted by atomic mass is 16.6. The second kappa shape index (κ2) is 7.99. The van der Waals surface area contributed by atoms with Gasteiger partial charge in [0, 0.05) is 6.54 Å². The number of carbonyl (C=O) groups excluding carboxylic acids is 2. The van der Waals surface area contributed by atoms with Crippen LogP contribution in [0.4, 0.5) is 4.79 Å². The summed E-state index contributed by atoms with van der Waals surface area (Å²) < 4.78 is 16.4. The van der Waals surface area contributed by atoms with Gasteiger partial charge in [-0.1, -0.05) is 6.92 Å². The van der Waals surface area contributed by atoms with E-state index in [0.717, 1.165) is 19.3 Å². The van der Waals surface area contributed by atoms with Crippen LogP contribution in [-0.4, -0.2) is 54.0 Å². The maximum atomic E-state index is 12.3. The first-order valence-corrected chi connectivity index (χ1v) is 8.38. The molecule has 0 aromatic heterocycles. The van der Waals surface area contributed by atoms with Crippen molar-refractivity contribution in [2.75, 3.05) is 19.7 Å². The normalized spacial score (nSPS) is 22.1. The summed E-state index contributed by atoms with van der Waals surface area (Å²) in [4.78, 5) is 25.6. The maximum Gasteiger partial charge on any atom is 0.410 e. The minimum absolute atomic E-state index is 0.0891. The van der Waals surface area contributed by atoms with E-state index in [1.165, 1.54) is 0 Å². The largest absolute Gasteiger partial charge is 0.461 e. The molecule has 1 amide bonds. The number of rotatable bonds is 5. The van der Waals surface area contributed by atoms with Crippen molar-refractivity contribution in [3.63, 3.8) is 0 Å². The van der Waals surface area contributed by atoms with Crippen LogP contribution in [0.3, 0.4) is 0 Å². The SMILES string of the molecule is CCC1(OCC(=O)OC(C)C)CCCN(C(=O)OC(C)(C)C)C1. The predicted molar refractivity (Wildman–Crippen MR) is 87.2 cm³/mol. The van der Waals surface area contributed by atoms with Crippen molar-refractivity contribution in [1.29, 1.82) is 0 Å². The lowest BCUT2D eigenvalue weighted by Crippen LogP contribution is -2.53. The molecule has 6 heteroatoms. The zero-order valence-corrected chi connectivity index (χ0v) is 15.3. The summed E-state index contributed by atoms with van der Waals surface area (Å²) >= 11 is 0. The Kier molecular flexibility index (Phi) is 6.86. The minimum Gasteiger partial charge on any atom is -0.461 e. The van der Waals surface area contributed by atoms with E-state index in [-0.39, 0.29) is 24.8 Å². The van der Waals surface area contributed by atoms with Crippen molar-refractivity contribution >= 4 is 12.1 Å². The highest BCUT2D eigenvalue weighted by molar-refractivity contribution is 5.71. The molecule has 134 valence electrons. The third kappa shape index (κ3) is 6.77. The van der Waals surface area contributed by atoms with Crippen LogP contribution in [-0.2, 0) is 19.0 Å². The Labute approximate surface area is 139 Å². The topological polar surface area (TPSA) is 65.1 Å². The number of likely N-dealkylation sites (tertiary alicyclic amines) is 1. The van der Waals surface area contributed by atoms with E-state index in [2.05, 4.69) is 0 Å². The van der Waals surface area contributed by atoms with E-state index in [9.17, 15) is 9.59 Å². The van der Waals surface area contributed by atoms with Crippen molar-refractivity contribution in [3.8, 4) is 0 Å². The Balaban J connectivity index is 2.64. The summed E-state index contributed by atoms with van der Waals surface area (Å²) in [7, 11) is 0. The molecule has 6 nitrogen and oxygen atoms in total. The number of amides is 1. The van der Waals surface area contributed by atoms with Gasteiger partial charge in [0.15, 0.2) is 0 Å². The van der Waals surface area contributed by atoms with E-state index in [1.807, 2.05) is 27.7 Å². The van der Waals surface area contributed by atoms with Crippen LogP contribution < -0.4 is 0 Å². The molecule has 0 saturated carbocycles. The van der Waals surface area contributed by atoms with Gasteiger partial charge in [-0.2, -0.15) is 0 Å². The molecule has 1 aliphatic heterocycles. The van der Waals surface area contributed by atoms with Gasteiger partial charge < -0.3 is 19.1 Å². The number of piperidine rings is 1. The molecule has 1 unspecified atom stereocenters. The predicted octanol–water partition coefficient (Wildman–Crippen LogP) is 3.13. The Morgan fingerprint density at radius 3 is 2.43 bits per heavy atom. The summed E-state index contributed by atoms with van der Waals surface area (Å²) in [5, 5.41) is 0. The Hall–Kier alpha value is -1.30. The summed E-state index contributed by atoms with van der Waals surface area (Å²) in [5.41, 5.74) is -1.03. The molecule has 1 atom stereocenters. The van der Waals surface area contributed by atoms with E-state index in [0.29, 0.717) is 13.1 Å². The van der Waals surface area contributed by atoms with Gasteiger partial charge in [0.05, 0.1) is 18.2 Å². The van der Waals surface area contributed by atoms with Gasteiger partial charge in [0.25, 0.3) is 0 Å². The fourth-order valence-electron chi connectivity index (χ4n) is 2.60. The number of carbonyl (C=O) groups is 2. The Morgan fingerprint density at radius 1 is 1.26 bits per heavy atom. The Morgan fingerprint density at radius 2 is 1.91 bits per heavy atom. The van der Waals surface area contributed by atoms with Crippen LogP contribution in [0.1, 0.15) is 60.8 Å². The molecular formula is C17H31NO5. The summed E-state index contributed by atoms with van der Waals surface area (Å²) in [6, 6.07) is 0. The molecule has 1 aliphatic rings. The van der Waals surface area contributed by atoms with Crippen molar-refractivity contribution < 1.29 is 23.8 Å². The van der Waals surface area contributed by atoms with Gasteiger partial charge >= 0.3 is 12.1 Å². The molecule has 1 fully saturated rings. The van der Waals surface area contributed by atoms with Gasteiger partial charge in [0.1, 0.15) is 12.2 Å². The number of hydrogen-bond donors (Lipinski definition) is 0. The van der Waals surface area contributed by atoms with Crippen molar-refractivity contribution in [3.05, 3.63) is 0 Å².